The maximum atomic E-state index is 12.5. The minimum atomic E-state index is -0.0467. The molecule has 0 bridgehead atoms. The van der Waals surface area contributed by atoms with Gasteiger partial charge in [-0.15, -0.1) is 11.8 Å². The summed E-state index contributed by atoms with van der Waals surface area (Å²) in [5.41, 5.74) is 2.96. The summed E-state index contributed by atoms with van der Waals surface area (Å²) in [4.78, 5) is 29.3. The number of thioether (sulfide) groups is 1. The molecule has 2 aliphatic rings. The largest absolute Gasteiger partial charge is 0.379 e. The van der Waals surface area contributed by atoms with Gasteiger partial charge in [0.15, 0.2) is 0 Å². The van der Waals surface area contributed by atoms with Crippen LogP contribution in [0.5, 0.6) is 0 Å². The van der Waals surface area contributed by atoms with Crippen LogP contribution in [-0.4, -0.2) is 73.3 Å². The van der Waals surface area contributed by atoms with Crippen molar-refractivity contribution in [2.24, 2.45) is 0 Å². The molecule has 170 valence electrons. The van der Waals surface area contributed by atoms with E-state index < -0.39 is 0 Å². The third-order valence-corrected chi connectivity index (χ3v) is 7.21. The van der Waals surface area contributed by atoms with Crippen LogP contribution in [0.3, 0.4) is 0 Å². The van der Waals surface area contributed by atoms with E-state index in [0.717, 1.165) is 51.3 Å². The molecule has 2 saturated heterocycles. The smallest absolute Gasteiger partial charge is 0.251 e. The Morgan fingerprint density at radius 3 is 2.53 bits per heavy atom. The Bertz CT molecular complexity index is 885. The number of nitrogens with zero attached hydrogens (tertiary/aromatic N) is 2. The van der Waals surface area contributed by atoms with Crippen LogP contribution in [0.25, 0.3) is 0 Å². The molecule has 7 heteroatoms. The van der Waals surface area contributed by atoms with E-state index >= 15 is 0 Å². The third kappa shape index (κ3) is 6.12. The van der Waals surface area contributed by atoms with Gasteiger partial charge >= 0.3 is 0 Å². The van der Waals surface area contributed by atoms with Gasteiger partial charge in [-0.3, -0.25) is 14.5 Å². The minimum Gasteiger partial charge on any atom is -0.379 e. The van der Waals surface area contributed by atoms with Gasteiger partial charge in [-0.05, 0) is 42.6 Å². The van der Waals surface area contributed by atoms with E-state index in [-0.39, 0.29) is 17.2 Å². The fourth-order valence-corrected chi connectivity index (χ4v) is 5.32. The summed E-state index contributed by atoms with van der Waals surface area (Å²) in [6.45, 7) is 5.89. The highest BCUT2D eigenvalue weighted by Crippen LogP contribution is 2.38. The fraction of sp³-hybridized carbons (Fsp3) is 0.440. The molecular formula is C25H31N3O3S. The summed E-state index contributed by atoms with van der Waals surface area (Å²) in [7, 11) is 0. The normalized spacial score (nSPS) is 19.3. The van der Waals surface area contributed by atoms with E-state index in [9.17, 15) is 9.59 Å². The van der Waals surface area contributed by atoms with Gasteiger partial charge in [-0.25, -0.2) is 0 Å². The maximum absolute atomic E-state index is 12.5. The summed E-state index contributed by atoms with van der Waals surface area (Å²) < 4.78 is 5.36. The Hall–Kier alpha value is -2.35. The van der Waals surface area contributed by atoms with Crippen molar-refractivity contribution in [2.45, 2.75) is 18.2 Å². The quantitative estimate of drug-likeness (QED) is 0.592. The van der Waals surface area contributed by atoms with Gasteiger partial charge in [-0.2, -0.15) is 0 Å². The van der Waals surface area contributed by atoms with E-state index in [1.54, 1.807) is 11.8 Å². The molecule has 0 radical (unpaired) electrons. The van der Waals surface area contributed by atoms with Gasteiger partial charge in [0, 0.05) is 31.7 Å². The van der Waals surface area contributed by atoms with E-state index in [4.69, 9.17) is 4.74 Å². The summed E-state index contributed by atoms with van der Waals surface area (Å²) in [6, 6.07) is 17.9. The molecule has 4 rings (SSSR count). The molecule has 2 amide bonds. The van der Waals surface area contributed by atoms with Crippen molar-refractivity contribution in [1.82, 2.24) is 15.1 Å². The minimum absolute atomic E-state index is 0.0110. The molecule has 2 aliphatic heterocycles. The highest BCUT2D eigenvalue weighted by Gasteiger charge is 2.32. The number of benzene rings is 2. The number of rotatable bonds is 9. The lowest BCUT2D eigenvalue weighted by molar-refractivity contribution is -0.128. The molecule has 2 aromatic carbocycles. The van der Waals surface area contributed by atoms with Crippen LogP contribution in [0.2, 0.25) is 0 Å². The number of morpholine rings is 1. The first kappa shape index (κ1) is 22.8. The molecule has 6 nitrogen and oxygen atoms in total. The average molecular weight is 454 g/mol. The lowest BCUT2D eigenvalue weighted by Crippen LogP contribution is -2.38. The number of carbonyl (C=O) groups is 2. The Labute approximate surface area is 194 Å². The van der Waals surface area contributed by atoms with Crippen molar-refractivity contribution < 1.29 is 14.3 Å². The highest BCUT2D eigenvalue weighted by molar-refractivity contribution is 8.00. The summed E-state index contributed by atoms with van der Waals surface area (Å²) >= 11 is 1.65. The van der Waals surface area contributed by atoms with Gasteiger partial charge in [0.05, 0.1) is 19.0 Å². The number of nitrogens with one attached hydrogen (secondary N) is 1. The predicted molar refractivity (Wildman–Crippen MR) is 128 cm³/mol. The van der Waals surface area contributed by atoms with Gasteiger partial charge in [0.2, 0.25) is 5.91 Å². The van der Waals surface area contributed by atoms with Crippen LogP contribution in [0, 0.1) is 0 Å². The van der Waals surface area contributed by atoms with Crippen LogP contribution in [-0.2, 0) is 16.0 Å². The highest BCUT2D eigenvalue weighted by atomic mass is 32.2. The molecule has 0 aliphatic carbocycles. The van der Waals surface area contributed by atoms with Crippen LogP contribution < -0.4 is 5.32 Å². The molecule has 0 aromatic heterocycles. The number of ether oxygens (including phenoxy) is 1. The Morgan fingerprint density at radius 1 is 1.03 bits per heavy atom. The summed E-state index contributed by atoms with van der Waals surface area (Å²) in [6.07, 6.45) is 1.77. The topological polar surface area (TPSA) is 61.9 Å². The van der Waals surface area contributed by atoms with Crippen molar-refractivity contribution in [1.29, 1.82) is 0 Å². The van der Waals surface area contributed by atoms with Crippen molar-refractivity contribution >= 4 is 23.6 Å². The first-order chi connectivity index (χ1) is 15.7. The standard InChI is InChI=1S/C25H31N3O3S/c29-23-19-32-25(28(23)14-11-20-5-2-1-3-6-20)22-9-7-21(8-10-22)24(30)26-12-4-13-27-15-17-31-18-16-27/h1-3,5-10,25H,4,11-19H2,(H,26,30). The van der Waals surface area contributed by atoms with Gasteiger partial charge in [0.1, 0.15) is 5.37 Å². The van der Waals surface area contributed by atoms with Crippen LogP contribution in [0.4, 0.5) is 0 Å². The molecule has 1 atom stereocenters. The molecule has 1 N–H and O–H groups in total. The van der Waals surface area contributed by atoms with E-state index in [1.165, 1.54) is 5.56 Å². The van der Waals surface area contributed by atoms with Gasteiger partial charge in [0.25, 0.3) is 5.91 Å². The number of hydrogen-bond acceptors (Lipinski definition) is 5. The molecule has 0 saturated carbocycles. The second-order valence-electron chi connectivity index (χ2n) is 8.17. The zero-order chi connectivity index (χ0) is 22.2. The van der Waals surface area contributed by atoms with Gasteiger partial charge in [-0.1, -0.05) is 42.5 Å². The lowest BCUT2D eigenvalue weighted by atomic mass is 10.1. The molecule has 0 spiro atoms. The van der Waals surface area contributed by atoms with Crippen molar-refractivity contribution in [2.75, 3.05) is 51.7 Å². The van der Waals surface area contributed by atoms with Crippen molar-refractivity contribution in [3.8, 4) is 0 Å². The number of carbonyl (C=O) groups excluding carboxylic acids is 2. The van der Waals surface area contributed by atoms with Crippen LogP contribution >= 0.6 is 11.8 Å². The van der Waals surface area contributed by atoms with E-state index in [2.05, 4.69) is 22.3 Å². The zero-order valence-corrected chi connectivity index (χ0v) is 19.2. The Balaban J connectivity index is 1.27. The fourth-order valence-electron chi connectivity index (χ4n) is 4.10. The van der Waals surface area contributed by atoms with Crippen molar-refractivity contribution in [3.63, 3.8) is 0 Å². The first-order valence-corrected chi connectivity index (χ1v) is 12.4. The second-order valence-corrected chi connectivity index (χ2v) is 9.24. The SMILES string of the molecule is O=C(NCCCN1CCOCC1)c1ccc(C2SCC(=O)N2CCc2ccccc2)cc1. The zero-order valence-electron chi connectivity index (χ0n) is 18.4. The Kier molecular flexibility index (Phi) is 8.20. The third-order valence-electron chi connectivity index (χ3n) is 5.95. The number of hydrogen-bond donors (Lipinski definition) is 1. The predicted octanol–water partition coefficient (Wildman–Crippen LogP) is 2.96. The first-order valence-electron chi connectivity index (χ1n) is 11.3. The number of amides is 2. The molecule has 2 aromatic rings. The van der Waals surface area contributed by atoms with E-state index in [0.29, 0.717) is 24.4 Å². The maximum Gasteiger partial charge on any atom is 0.251 e. The second kappa shape index (κ2) is 11.5. The molecule has 32 heavy (non-hydrogen) atoms. The van der Waals surface area contributed by atoms with Gasteiger partial charge < -0.3 is 15.0 Å². The summed E-state index contributed by atoms with van der Waals surface area (Å²) in [5.74, 6) is 0.637. The summed E-state index contributed by atoms with van der Waals surface area (Å²) in [5, 5.41) is 3.03. The Morgan fingerprint density at radius 2 is 1.78 bits per heavy atom. The monoisotopic (exact) mass is 453 g/mol. The van der Waals surface area contributed by atoms with Crippen molar-refractivity contribution in [3.05, 3.63) is 71.3 Å². The average Bonchev–Trinajstić information content (AvgIpc) is 3.22. The van der Waals surface area contributed by atoms with Crippen LogP contribution in [0.1, 0.15) is 33.3 Å². The molecule has 2 fully saturated rings. The molecular weight excluding hydrogens is 422 g/mol. The van der Waals surface area contributed by atoms with E-state index in [1.807, 2.05) is 47.4 Å². The lowest BCUT2D eigenvalue weighted by Gasteiger charge is -2.26. The molecule has 1 unspecified atom stereocenters. The molecule has 2 heterocycles. The van der Waals surface area contributed by atoms with Crippen LogP contribution in [0.15, 0.2) is 54.6 Å².